The number of amides is 2. The molecule has 6 nitrogen and oxygen atoms in total. The predicted octanol–water partition coefficient (Wildman–Crippen LogP) is 3.66. The normalized spacial score (nSPS) is 23.1. The van der Waals surface area contributed by atoms with Gasteiger partial charge in [0.25, 0.3) is 5.91 Å². The lowest BCUT2D eigenvalue weighted by atomic mass is 9.95. The zero-order chi connectivity index (χ0) is 20.6. The summed E-state index contributed by atoms with van der Waals surface area (Å²) in [7, 11) is 0. The molecule has 0 saturated carbocycles. The molecule has 0 radical (unpaired) electrons. The van der Waals surface area contributed by atoms with Crippen molar-refractivity contribution in [3.63, 3.8) is 0 Å². The van der Waals surface area contributed by atoms with Crippen LogP contribution < -0.4 is 20.7 Å². The van der Waals surface area contributed by atoms with Crippen LogP contribution in [0.2, 0.25) is 0 Å². The molecule has 2 aliphatic heterocycles. The summed E-state index contributed by atoms with van der Waals surface area (Å²) in [6.45, 7) is 0. The highest BCUT2D eigenvalue weighted by Crippen LogP contribution is 2.32. The van der Waals surface area contributed by atoms with Crippen LogP contribution in [-0.2, 0) is 4.79 Å². The molecule has 3 N–H and O–H groups in total. The van der Waals surface area contributed by atoms with Crippen molar-refractivity contribution in [2.24, 2.45) is 0 Å². The average Bonchev–Trinajstić information content (AvgIpc) is 3.38. The van der Waals surface area contributed by atoms with Crippen LogP contribution in [0.3, 0.4) is 0 Å². The first-order chi connectivity index (χ1) is 13.8. The topological polar surface area (TPSA) is 79.5 Å². The minimum atomic E-state index is -4.97. The Kier molecular flexibility index (Phi) is 5.22. The van der Waals surface area contributed by atoms with Crippen LogP contribution in [0.1, 0.15) is 28.9 Å². The van der Waals surface area contributed by atoms with Gasteiger partial charge in [-0.1, -0.05) is 17.4 Å². The lowest BCUT2D eigenvalue weighted by Gasteiger charge is -2.20. The Morgan fingerprint density at radius 3 is 2.69 bits per heavy atom. The van der Waals surface area contributed by atoms with Crippen LogP contribution in [0.5, 0.6) is 10.8 Å². The monoisotopic (exact) mass is 425 g/mol. The molecule has 154 valence electrons. The number of rotatable bonds is 5. The van der Waals surface area contributed by atoms with E-state index >= 15 is 0 Å². The van der Waals surface area contributed by atoms with Crippen molar-refractivity contribution in [2.75, 3.05) is 5.32 Å². The van der Waals surface area contributed by atoms with Gasteiger partial charge in [0.05, 0.1) is 4.88 Å². The third kappa shape index (κ3) is 4.54. The first-order valence-corrected chi connectivity index (χ1v) is 9.92. The van der Waals surface area contributed by atoms with Gasteiger partial charge in [-0.15, -0.1) is 0 Å². The number of anilines is 1. The van der Waals surface area contributed by atoms with Crippen LogP contribution in [0.4, 0.5) is 18.9 Å². The summed E-state index contributed by atoms with van der Waals surface area (Å²) < 4.78 is 42.7. The van der Waals surface area contributed by atoms with Gasteiger partial charge < -0.3 is 20.7 Å². The zero-order valence-corrected chi connectivity index (χ0v) is 15.9. The Hall–Kier alpha value is -2.59. The highest BCUT2D eigenvalue weighted by Gasteiger charge is 2.40. The number of benzene rings is 1. The number of hydrogen-bond donors (Lipinski definition) is 3. The van der Waals surface area contributed by atoms with Gasteiger partial charge in [-0.05, 0) is 43.5 Å². The Morgan fingerprint density at radius 2 is 2.00 bits per heavy atom. The van der Waals surface area contributed by atoms with Gasteiger partial charge in [0.2, 0.25) is 0 Å². The molecule has 0 aliphatic carbocycles. The molecule has 3 heterocycles. The molecule has 29 heavy (non-hydrogen) atoms. The Bertz CT molecular complexity index is 931. The maximum Gasteiger partial charge on any atom is 0.471 e. The number of ether oxygens (including phenoxy) is 1. The van der Waals surface area contributed by atoms with Gasteiger partial charge in [-0.2, -0.15) is 13.2 Å². The third-order valence-electron chi connectivity index (χ3n) is 4.99. The van der Waals surface area contributed by atoms with Gasteiger partial charge >= 0.3 is 12.1 Å². The minimum Gasteiger partial charge on any atom is -0.447 e. The largest absolute Gasteiger partial charge is 0.471 e. The lowest BCUT2D eigenvalue weighted by molar-refractivity contribution is -0.167. The number of alkyl halides is 3. The molecule has 2 amide bonds. The van der Waals surface area contributed by atoms with Crippen molar-refractivity contribution in [1.29, 1.82) is 0 Å². The molecule has 2 aliphatic rings. The predicted molar refractivity (Wildman–Crippen MR) is 101 cm³/mol. The summed E-state index contributed by atoms with van der Waals surface area (Å²) in [6.07, 6.45) is -1.82. The molecular formula is C19H18F3N3O3S. The second-order valence-electron chi connectivity index (χ2n) is 7.06. The zero-order valence-electron chi connectivity index (χ0n) is 15.1. The number of carbonyl (C=O) groups is 2. The summed E-state index contributed by atoms with van der Waals surface area (Å²) in [5.41, 5.74) is -0.0388. The number of thiophene rings is 1. The number of halogens is 3. The highest BCUT2D eigenvalue weighted by molar-refractivity contribution is 7.15. The van der Waals surface area contributed by atoms with Gasteiger partial charge in [-0.25, -0.2) is 0 Å². The quantitative estimate of drug-likeness (QED) is 0.683. The molecule has 2 bridgehead atoms. The lowest BCUT2D eigenvalue weighted by Crippen LogP contribution is -2.42. The van der Waals surface area contributed by atoms with Crippen molar-refractivity contribution in [1.82, 2.24) is 10.6 Å². The fraction of sp³-hybridized carbons (Fsp3) is 0.368. The van der Waals surface area contributed by atoms with Crippen molar-refractivity contribution >= 4 is 28.8 Å². The fourth-order valence-corrected chi connectivity index (χ4v) is 4.45. The molecule has 1 aromatic carbocycles. The SMILES string of the molecule is O=C(N[C@@H]1C[C@H]2CC[C@@H]1N2)c1ccc(Oc2cccc(NC(=O)C(F)(F)F)c2)s1. The summed E-state index contributed by atoms with van der Waals surface area (Å²) in [5.74, 6) is -1.98. The summed E-state index contributed by atoms with van der Waals surface area (Å²) in [4.78, 5) is 24.0. The van der Waals surface area contributed by atoms with Gasteiger partial charge in [0.1, 0.15) is 5.75 Å². The van der Waals surface area contributed by atoms with Gasteiger partial charge in [0.15, 0.2) is 5.06 Å². The van der Waals surface area contributed by atoms with Crippen LogP contribution in [0.15, 0.2) is 36.4 Å². The van der Waals surface area contributed by atoms with Crippen molar-refractivity contribution in [3.05, 3.63) is 41.3 Å². The molecule has 0 spiro atoms. The molecule has 2 saturated heterocycles. The standard InChI is InChI=1S/C19H18F3N3O3S/c20-19(21,22)18(27)24-10-2-1-3-12(8-10)28-16-7-6-15(29-16)17(26)25-14-9-11-4-5-13(14)23-11/h1-3,6-8,11,13-14,23H,4-5,9H2,(H,24,27)(H,25,26)/t11-,13+,14-/m1/s1. The van der Waals surface area contributed by atoms with E-state index in [1.54, 1.807) is 23.5 Å². The van der Waals surface area contributed by atoms with E-state index in [1.807, 2.05) is 0 Å². The summed E-state index contributed by atoms with van der Waals surface area (Å²) >= 11 is 1.14. The molecular weight excluding hydrogens is 407 g/mol. The summed E-state index contributed by atoms with van der Waals surface area (Å²) in [6, 6.07) is 9.82. The number of nitrogens with one attached hydrogen (secondary N) is 3. The van der Waals surface area contributed by atoms with E-state index in [-0.39, 0.29) is 23.4 Å². The second kappa shape index (κ2) is 7.68. The van der Waals surface area contributed by atoms with E-state index in [2.05, 4.69) is 10.6 Å². The average molecular weight is 425 g/mol. The van der Waals surface area contributed by atoms with E-state index in [0.29, 0.717) is 22.0 Å². The first kappa shape index (κ1) is 19.7. The van der Waals surface area contributed by atoms with E-state index in [0.717, 1.165) is 30.6 Å². The van der Waals surface area contributed by atoms with E-state index < -0.39 is 12.1 Å². The van der Waals surface area contributed by atoms with Crippen LogP contribution in [0.25, 0.3) is 0 Å². The van der Waals surface area contributed by atoms with Crippen molar-refractivity contribution in [2.45, 2.75) is 43.6 Å². The maximum absolute atomic E-state index is 12.5. The van der Waals surface area contributed by atoms with E-state index in [9.17, 15) is 22.8 Å². The second-order valence-corrected chi connectivity index (χ2v) is 8.11. The Labute approximate surface area is 168 Å². The Balaban J connectivity index is 1.37. The number of fused-ring (bicyclic) bond motifs is 2. The minimum absolute atomic E-state index is 0.0388. The molecule has 0 unspecified atom stereocenters. The molecule has 10 heteroatoms. The first-order valence-electron chi connectivity index (χ1n) is 9.11. The molecule has 4 rings (SSSR count). The number of carbonyl (C=O) groups excluding carboxylic acids is 2. The third-order valence-corrected chi connectivity index (χ3v) is 5.95. The van der Waals surface area contributed by atoms with E-state index in [4.69, 9.17) is 4.74 Å². The van der Waals surface area contributed by atoms with Gasteiger partial charge in [0, 0.05) is 29.9 Å². The Morgan fingerprint density at radius 1 is 1.17 bits per heavy atom. The smallest absolute Gasteiger partial charge is 0.447 e. The fourth-order valence-electron chi connectivity index (χ4n) is 3.68. The van der Waals surface area contributed by atoms with Crippen LogP contribution in [0, 0.1) is 0 Å². The molecule has 3 atom stereocenters. The van der Waals surface area contributed by atoms with Crippen molar-refractivity contribution < 1.29 is 27.5 Å². The maximum atomic E-state index is 12.5. The van der Waals surface area contributed by atoms with Gasteiger partial charge in [-0.3, -0.25) is 9.59 Å². The molecule has 1 aromatic heterocycles. The summed E-state index contributed by atoms with van der Waals surface area (Å²) in [5, 5.41) is 8.70. The van der Waals surface area contributed by atoms with Crippen LogP contribution in [-0.4, -0.2) is 36.1 Å². The van der Waals surface area contributed by atoms with Crippen LogP contribution >= 0.6 is 11.3 Å². The van der Waals surface area contributed by atoms with E-state index in [1.165, 1.54) is 18.2 Å². The molecule has 2 aromatic rings. The van der Waals surface area contributed by atoms with Crippen molar-refractivity contribution in [3.8, 4) is 10.8 Å². The number of hydrogen-bond acceptors (Lipinski definition) is 5. The molecule has 2 fully saturated rings. The highest BCUT2D eigenvalue weighted by atomic mass is 32.1.